The van der Waals surface area contributed by atoms with Gasteiger partial charge < -0.3 is 4.74 Å². The van der Waals surface area contributed by atoms with Crippen LogP contribution in [0.5, 0.6) is 5.75 Å². The summed E-state index contributed by atoms with van der Waals surface area (Å²) in [5.41, 5.74) is 2.20. The highest BCUT2D eigenvalue weighted by Gasteiger charge is 1.94. The van der Waals surface area contributed by atoms with Gasteiger partial charge in [0.1, 0.15) is 5.75 Å². The summed E-state index contributed by atoms with van der Waals surface area (Å²) < 4.78 is 5.55. The van der Waals surface area contributed by atoms with Gasteiger partial charge in [0.25, 0.3) is 0 Å². The number of ether oxygens (including phenoxy) is 1. The Labute approximate surface area is 129 Å². The normalized spacial score (nSPS) is 10.9. The fraction of sp³-hybridized carbons (Fsp3) is 0.176. The van der Waals surface area contributed by atoms with Gasteiger partial charge in [-0.25, -0.2) is 0 Å². The Morgan fingerprint density at radius 1 is 0.950 bits per heavy atom. The zero-order chi connectivity index (χ0) is 14.2. The van der Waals surface area contributed by atoms with Gasteiger partial charge in [-0.15, -0.1) is 11.6 Å². The van der Waals surface area contributed by atoms with Crippen molar-refractivity contribution in [2.45, 2.75) is 6.42 Å². The fourth-order valence-corrected chi connectivity index (χ4v) is 2.03. The largest absolute Gasteiger partial charge is 0.494 e. The van der Waals surface area contributed by atoms with E-state index in [1.165, 1.54) is 0 Å². The van der Waals surface area contributed by atoms with Crippen molar-refractivity contribution < 1.29 is 4.74 Å². The van der Waals surface area contributed by atoms with E-state index in [0.29, 0.717) is 12.5 Å². The molecule has 0 aliphatic carbocycles. The van der Waals surface area contributed by atoms with Crippen LogP contribution in [0.2, 0.25) is 5.02 Å². The van der Waals surface area contributed by atoms with Crippen molar-refractivity contribution in [3.63, 3.8) is 0 Å². The van der Waals surface area contributed by atoms with Crippen LogP contribution in [0.25, 0.3) is 12.2 Å². The first kappa shape index (κ1) is 15.0. The second-order valence-electron chi connectivity index (χ2n) is 4.35. The van der Waals surface area contributed by atoms with E-state index in [-0.39, 0.29) is 0 Å². The van der Waals surface area contributed by atoms with Crippen molar-refractivity contribution in [2.75, 3.05) is 12.5 Å². The highest BCUT2D eigenvalue weighted by atomic mass is 35.5. The summed E-state index contributed by atoms with van der Waals surface area (Å²) >= 11 is 11.6. The van der Waals surface area contributed by atoms with Crippen LogP contribution in [0.1, 0.15) is 17.5 Å². The predicted octanol–water partition coefficient (Wildman–Crippen LogP) is 5.52. The van der Waals surface area contributed by atoms with Crippen LogP contribution in [-0.4, -0.2) is 12.5 Å². The van der Waals surface area contributed by atoms with Crippen molar-refractivity contribution in [3.8, 4) is 5.75 Å². The van der Waals surface area contributed by atoms with Gasteiger partial charge in [0, 0.05) is 10.9 Å². The van der Waals surface area contributed by atoms with E-state index in [1.807, 2.05) is 60.7 Å². The molecule has 0 spiro atoms. The number of halogens is 2. The number of alkyl halides is 1. The summed E-state index contributed by atoms with van der Waals surface area (Å²) in [5, 5.41) is 0.746. The summed E-state index contributed by atoms with van der Waals surface area (Å²) in [7, 11) is 0. The predicted molar refractivity (Wildman–Crippen MR) is 87.7 cm³/mol. The minimum absolute atomic E-state index is 0.625. The summed E-state index contributed by atoms with van der Waals surface area (Å²) in [6.07, 6.45) is 4.95. The van der Waals surface area contributed by atoms with Crippen LogP contribution >= 0.6 is 23.2 Å². The molecule has 104 valence electrons. The third kappa shape index (κ3) is 4.92. The number of benzene rings is 2. The molecular formula is C17H16Cl2O. The first-order valence-corrected chi connectivity index (χ1v) is 7.41. The maximum absolute atomic E-state index is 5.95. The molecule has 0 heterocycles. The van der Waals surface area contributed by atoms with E-state index in [9.17, 15) is 0 Å². The first-order valence-electron chi connectivity index (χ1n) is 6.50. The Morgan fingerprint density at radius 2 is 1.70 bits per heavy atom. The monoisotopic (exact) mass is 306 g/mol. The molecule has 2 aromatic carbocycles. The zero-order valence-corrected chi connectivity index (χ0v) is 12.6. The molecule has 0 saturated heterocycles. The molecule has 0 aliphatic heterocycles. The Balaban J connectivity index is 1.96. The Kier molecular flexibility index (Phi) is 5.97. The third-order valence-electron chi connectivity index (χ3n) is 2.74. The number of rotatable bonds is 6. The quantitative estimate of drug-likeness (QED) is 0.388. The fourth-order valence-electron chi connectivity index (χ4n) is 1.72. The molecule has 2 aromatic rings. The van der Waals surface area contributed by atoms with Gasteiger partial charge in [0.2, 0.25) is 0 Å². The van der Waals surface area contributed by atoms with E-state index in [4.69, 9.17) is 27.9 Å². The maximum atomic E-state index is 5.95. The van der Waals surface area contributed by atoms with Crippen molar-refractivity contribution in [1.82, 2.24) is 0 Å². The van der Waals surface area contributed by atoms with E-state index in [1.54, 1.807) is 0 Å². The van der Waals surface area contributed by atoms with Crippen molar-refractivity contribution in [3.05, 3.63) is 64.7 Å². The molecule has 0 aliphatic rings. The van der Waals surface area contributed by atoms with E-state index >= 15 is 0 Å². The number of hydrogen-bond acceptors (Lipinski definition) is 1. The summed E-state index contributed by atoms with van der Waals surface area (Å²) in [5.74, 6) is 1.50. The van der Waals surface area contributed by atoms with Gasteiger partial charge in [-0.1, -0.05) is 48.0 Å². The lowest BCUT2D eigenvalue weighted by molar-refractivity contribution is 0.318. The van der Waals surface area contributed by atoms with Gasteiger partial charge in [-0.3, -0.25) is 0 Å². The summed E-state index contributed by atoms with van der Waals surface area (Å²) in [6.45, 7) is 0.654. The molecule has 0 unspecified atom stereocenters. The molecule has 0 aromatic heterocycles. The van der Waals surface area contributed by atoms with Gasteiger partial charge >= 0.3 is 0 Å². The lowest BCUT2D eigenvalue weighted by Crippen LogP contribution is -1.97. The van der Waals surface area contributed by atoms with Crippen LogP contribution in [0.4, 0.5) is 0 Å². The average Bonchev–Trinajstić information content (AvgIpc) is 2.47. The Hall–Kier alpha value is -1.44. The minimum Gasteiger partial charge on any atom is -0.494 e. The molecule has 0 amide bonds. The lowest BCUT2D eigenvalue weighted by atomic mass is 10.1. The van der Waals surface area contributed by atoms with Crippen LogP contribution in [-0.2, 0) is 0 Å². The second kappa shape index (κ2) is 7.98. The Bertz CT molecular complexity index is 561. The van der Waals surface area contributed by atoms with E-state index in [2.05, 4.69) is 0 Å². The van der Waals surface area contributed by atoms with Crippen LogP contribution in [0.15, 0.2) is 48.5 Å². The highest BCUT2D eigenvalue weighted by Crippen LogP contribution is 2.16. The van der Waals surface area contributed by atoms with Gasteiger partial charge in [0.15, 0.2) is 0 Å². The van der Waals surface area contributed by atoms with Crippen molar-refractivity contribution >= 4 is 35.4 Å². The van der Waals surface area contributed by atoms with Gasteiger partial charge in [-0.2, -0.15) is 0 Å². The molecule has 20 heavy (non-hydrogen) atoms. The molecule has 0 bridgehead atoms. The average molecular weight is 307 g/mol. The van der Waals surface area contributed by atoms with Crippen LogP contribution in [0.3, 0.4) is 0 Å². The topological polar surface area (TPSA) is 9.23 Å². The number of hydrogen-bond donors (Lipinski definition) is 0. The smallest absolute Gasteiger partial charge is 0.119 e. The molecule has 3 heteroatoms. The standard InChI is InChI=1S/C17H16Cl2O/c18-11-2-12-20-17-9-7-14(8-10-17)5-6-15-3-1-4-16(19)13-15/h1,3-10,13H,2,11-12H2/b6-5+. The molecule has 1 nitrogen and oxygen atoms in total. The SMILES string of the molecule is ClCCCOc1ccc(/C=C/c2cccc(Cl)c2)cc1. The highest BCUT2D eigenvalue weighted by molar-refractivity contribution is 6.30. The molecule has 0 fully saturated rings. The van der Waals surface area contributed by atoms with Crippen LogP contribution in [0, 0.1) is 0 Å². The minimum atomic E-state index is 0.625. The summed E-state index contributed by atoms with van der Waals surface area (Å²) in [4.78, 5) is 0. The van der Waals surface area contributed by atoms with E-state index < -0.39 is 0 Å². The first-order chi connectivity index (χ1) is 9.78. The van der Waals surface area contributed by atoms with Gasteiger partial charge in [0.05, 0.1) is 6.61 Å². The summed E-state index contributed by atoms with van der Waals surface area (Å²) in [6, 6.07) is 15.7. The molecule has 0 atom stereocenters. The molecule has 0 N–H and O–H groups in total. The molecule has 2 rings (SSSR count). The maximum Gasteiger partial charge on any atom is 0.119 e. The lowest BCUT2D eigenvalue weighted by Gasteiger charge is -2.04. The van der Waals surface area contributed by atoms with E-state index in [0.717, 1.165) is 28.3 Å². The Morgan fingerprint density at radius 3 is 2.40 bits per heavy atom. The second-order valence-corrected chi connectivity index (χ2v) is 5.16. The molecule has 0 radical (unpaired) electrons. The van der Waals surface area contributed by atoms with Crippen molar-refractivity contribution in [2.24, 2.45) is 0 Å². The zero-order valence-electron chi connectivity index (χ0n) is 11.1. The van der Waals surface area contributed by atoms with Gasteiger partial charge in [-0.05, 0) is 41.8 Å². The molecule has 0 saturated carbocycles. The van der Waals surface area contributed by atoms with Crippen molar-refractivity contribution in [1.29, 1.82) is 0 Å². The van der Waals surface area contributed by atoms with Crippen LogP contribution < -0.4 is 4.74 Å². The molecular weight excluding hydrogens is 291 g/mol. The third-order valence-corrected chi connectivity index (χ3v) is 3.25.